The predicted molar refractivity (Wildman–Crippen MR) is 142 cm³/mol. The van der Waals surface area contributed by atoms with Crippen molar-refractivity contribution < 1.29 is 9.59 Å². The van der Waals surface area contributed by atoms with E-state index in [-0.39, 0.29) is 11.8 Å². The second-order valence-electron chi connectivity index (χ2n) is 8.80. The van der Waals surface area contributed by atoms with Gasteiger partial charge in [0.05, 0.1) is 5.56 Å². The Bertz CT molecular complexity index is 982. The summed E-state index contributed by atoms with van der Waals surface area (Å²) >= 11 is 12.1. The van der Waals surface area contributed by atoms with E-state index in [9.17, 15) is 9.59 Å². The normalized spacial score (nSPS) is 14.4. The molecule has 0 radical (unpaired) electrons. The molecule has 2 aromatic rings. The van der Waals surface area contributed by atoms with Gasteiger partial charge < -0.3 is 20.4 Å². The van der Waals surface area contributed by atoms with E-state index in [1.54, 1.807) is 24.3 Å². The van der Waals surface area contributed by atoms with Gasteiger partial charge in [-0.25, -0.2) is 0 Å². The van der Waals surface area contributed by atoms with E-state index >= 15 is 0 Å². The highest BCUT2D eigenvalue weighted by Gasteiger charge is 2.22. The van der Waals surface area contributed by atoms with Gasteiger partial charge in [-0.15, -0.1) is 0 Å². The fourth-order valence-electron chi connectivity index (χ4n) is 4.17. The molecule has 0 spiro atoms. The average Bonchev–Trinajstić information content (AvgIpc) is 2.81. The lowest BCUT2D eigenvalue weighted by Gasteiger charge is -2.33. The average molecular weight is 505 g/mol. The van der Waals surface area contributed by atoms with Crippen molar-refractivity contribution in [1.29, 1.82) is 0 Å². The molecule has 1 aliphatic rings. The molecule has 3 rings (SSSR count). The molecule has 2 amide bonds. The molecule has 6 nitrogen and oxygen atoms in total. The van der Waals surface area contributed by atoms with Crippen molar-refractivity contribution in [3.63, 3.8) is 0 Å². The van der Waals surface area contributed by atoms with E-state index in [0.29, 0.717) is 39.3 Å². The van der Waals surface area contributed by atoms with Crippen LogP contribution in [-0.4, -0.2) is 56.0 Å². The van der Waals surface area contributed by atoms with E-state index in [4.69, 9.17) is 23.2 Å². The zero-order valence-electron chi connectivity index (χ0n) is 20.2. The molecule has 2 aromatic carbocycles. The summed E-state index contributed by atoms with van der Waals surface area (Å²) in [6.45, 7) is 11.5. The maximum absolute atomic E-state index is 13.2. The summed E-state index contributed by atoms with van der Waals surface area (Å²) in [5.74, 6) is 0.213. The number of halogens is 2. The van der Waals surface area contributed by atoms with Crippen LogP contribution in [-0.2, 0) is 0 Å². The van der Waals surface area contributed by atoms with Crippen molar-refractivity contribution >= 4 is 46.4 Å². The van der Waals surface area contributed by atoms with Crippen LogP contribution in [0, 0.1) is 5.92 Å². The van der Waals surface area contributed by atoms with Crippen LogP contribution in [0.25, 0.3) is 0 Å². The highest BCUT2D eigenvalue weighted by atomic mass is 35.5. The van der Waals surface area contributed by atoms with Gasteiger partial charge in [0.2, 0.25) is 0 Å². The highest BCUT2D eigenvalue weighted by molar-refractivity contribution is 6.35. The molecule has 1 aliphatic heterocycles. The highest BCUT2D eigenvalue weighted by Crippen LogP contribution is 2.29. The van der Waals surface area contributed by atoms with E-state index < -0.39 is 0 Å². The summed E-state index contributed by atoms with van der Waals surface area (Å²) in [5, 5.41) is 6.71. The van der Waals surface area contributed by atoms with Crippen LogP contribution in [0.15, 0.2) is 36.4 Å². The van der Waals surface area contributed by atoms with Crippen LogP contribution in [0.3, 0.4) is 0 Å². The fourth-order valence-corrected chi connectivity index (χ4v) is 4.70. The summed E-state index contributed by atoms with van der Waals surface area (Å²) in [6, 6.07) is 10.2. The third kappa shape index (κ3) is 7.11. The Morgan fingerprint density at radius 3 is 2.26 bits per heavy atom. The zero-order valence-corrected chi connectivity index (χ0v) is 21.7. The number of anilines is 2. The van der Waals surface area contributed by atoms with Gasteiger partial charge >= 0.3 is 0 Å². The summed E-state index contributed by atoms with van der Waals surface area (Å²) in [4.78, 5) is 30.5. The maximum Gasteiger partial charge on any atom is 0.255 e. The maximum atomic E-state index is 13.2. The number of amides is 2. The quantitative estimate of drug-likeness (QED) is 0.469. The van der Waals surface area contributed by atoms with Crippen molar-refractivity contribution in [2.75, 3.05) is 49.5 Å². The number of carbonyl (C=O) groups excluding carboxylic acids is 2. The molecule has 1 saturated heterocycles. The van der Waals surface area contributed by atoms with Crippen molar-refractivity contribution in [2.45, 2.75) is 33.6 Å². The van der Waals surface area contributed by atoms with E-state index in [0.717, 1.165) is 51.3 Å². The summed E-state index contributed by atoms with van der Waals surface area (Å²) in [6.07, 6.45) is 2.19. The second-order valence-corrected chi connectivity index (χ2v) is 9.67. The molecule has 0 bridgehead atoms. The molecular formula is C26H34Cl2N4O2. The monoisotopic (exact) mass is 504 g/mol. The minimum Gasteiger partial charge on any atom is -0.371 e. The van der Waals surface area contributed by atoms with Crippen molar-refractivity contribution in [2.24, 2.45) is 5.92 Å². The van der Waals surface area contributed by atoms with Gasteiger partial charge in [-0.2, -0.15) is 0 Å². The number of hydrogen-bond donors (Lipinski definition) is 2. The van der Waals surface area contributed by atoms with Gasteiger partial charge in [0.1, 0.15) is 0 Å². The number of carbonyl (C=O) groups is 2. The summed E-state index contributed by atoms with van der Waals surface area (Å²) < 4.78 is 0. The molecule has 0 aromatic heterocycles. The Labute approximate surface area is 212 Å². The van der Waals surface area contributed by atoms with Gasteiger partial charge in [-0.05, 0) is 68.2 Å². The first-order chi connectivity index (χ1) is 16.3. The van der Waals surface area contributed by atoms with Crippen LogP contribution in [0.5, 0.6) is 0 Å². The third-order valence-corrected chi connectivity index (χ3v) is 6.79. The number of nitrogens with zero attached hydrogens (tertiary/aromatic N) is 2. The number of piperidine rings is 1. The van der Waals surface area contributed by atoms with Crippen LogP contribution in [0.4, 0.5) is 11.4 Å². The minimum absolute atomic E-state index is 0.136. The van der Waals surface area contributed by atoms with Gasteiger partial charge in [0.25, 0.3) is 11.8 Å². The number of nitrogens with one attached hydrogen (secondary N) is 2. The van der Waals surface area contributed by atoms with Gasteiger partial charge in [0.15, 0.2) is 0 Å². The van der Waals surface area contributed by atoms with Crippen LogP contribution >= 0.6 is 23.2 Å². The van der Waals surface area contributed by atoms with Crippen molar-refractivity contribution in [3.05, 3.63) is 57.6 Å². The number of benzene rings is 2. The van der Waals surface area contributed by atoms with Gasteiger partial charge in [-0.3, -0.25) is 9.59 Å². The first-order valence-electron chi connectivity index (χ1n) is 12.0. The first-order valence-corrected chi connectivity index (χ1v) is 12.7. The third-order valence-electron chi connectivity index (χ3n) is 6.36. The first kappa shape index (κ1) is 26.3. The standard InChI is InChI=1S/C26H34Cl2N4O2/c1-4-31(5-2)13-10-29-26(34)23-17-22(6-7-24(23)32-11-8-18(3)9-12-32)30-25(33)19-14-20(27)16-21(28)15-19/h6-7,14-18H,4-5,8-13H2,1-3H3,(H,29,34)(H,30,33). The predicted octanol–water partition coefficient (Wildman–Crippen LogP) is 5.55. The minimum atomic E-state index is -0.336. The number of likely N-dealkylation sites (N-methyl/N-ethyl adjacent to an activating group) is 1. The van der Waals surface area contributed by atoms with E-state index in [1.165, 1.54) is 0 Å². The Balaban J connectivity index is 1.81. The van der Waals surface area contributed by atoms with Crippen molar-refractivity contribution in [1.82, 2.24) is 10.2 Å². The smallest absolute Gasteiger partial charge is 0.255 e. The molecule has 0 saturated carbocycles. The molecule has 1 heterocycles. The largest absolute Gasteiger partial charge is 0.371 e. The fraction of sp³-hybridized carbons (Fsp3) is 0.462. The molecule has 0 unspecified atom stereocenters. The number of hydrogen-bond acceptors (Lipinski definition) is 4. The molecule has 0 atom stereocenters. The second kappa shape index (κ2) is 12.4. The van der Waals surface area contributed by atoms with Gasteiger partial charge in [-0.1, -0.05) is 44.0 Å². The molecule has 2 N–H and O–H groups in total. The molecule has 0 aliphatic carbocycles. The summed E-state index contributed by atoms with van der Waals surface area (Å²) in [5.41, 5.74) is 2.37. The number of rotatable bonds is 9. The molecule has 34 heavy (non-hydrogen) atoms. The lowest BCUT2D eigenvalue weighted by Crippen LogP contribution is -2.37. The Kier molecular flexibility index (Phi) is 9.63. The zero-order chi connectivity index (χ0) is 24.7. The van der Waals surface area contributed by atoms with Gasteiger partial charge in [0, 0.05) is 53.2 Å². The van der Waals surface area contributed by atoms with Crippen LogP contribution in [0.2, 0.25) is 10.0 Å². The van der Waals surface area contributed by atoms with Crippen LogP contribution < -0.4 is 15.5 Å². The Morgan fingerprint density at radius 1 is 1.00 bits per heavy atom. The van der Waals surface area contributed by atoms with Crippen molar-refractivity contribution in [3.8, 4) is 0 Å². The lowest BCUT2D eigenvalue weighted by atomic mass is 9.97. The molecule has 184 valence electrons. The molecular weight excluding hydrogens is 471 g/mol. The van der Waals surface area contributed by atoms with E-state index in [1.807, 2.05) is 12.1 Å². The topological polar surface area (TPSA) is 64.7 Å². The molecule has 1 fully saturated rings. The lowest BCUT2D eigenvalue weighted by molar-refractivity contribution is 0.0948. The van der Waals surface area contributed by atoms with E-state index in [2.05, 4.69) is 41.2 Å². The Morgan fingerprint density at radius 2 is 1.65 bits per heavy atom. The molecule has 8 heteroatoms. The Hall–Kier alpha value is -2.28. The summed E-state index contributed by atoms with van der Waals surface area (Å²) in [7, 11) is 0. The SMILES string of the molecule is CCN(CC)CCNC(=O)c1cc(NC(=O)c2cc(Cl)cc(Cl)c2)ccc1N1CCC(C)CC1. The van der Waals surface area contributed by atoms with Crippen LogP contribution in [0.1, 0.15) is 54.3 Å².